The second kappa shape index (κ2) is 9.27. The lowest BCUT2D eigenvalue weighted by Crippen LogP contribution is -2.49. The molecule has 164 valence electrons. The topological polar surface area (TPSA) is 96.3 Å². The third kappa shape index (κ3) is 4.24. The van der Waals surface area contributed by atoms with Gasteiger partial charge in [-0.3, -0.25) is 15.0 Å². The van der Waals surface area contributed by atoms with Gasteiger partial charge in [0.15, 0.2) is 5.16 Å². The Morgan fingerprint density at radius 2 is 1.78 bits per heavy atom. The standard InChI is InChI=1S/C23H23N5O3S/c1-2-23(18-11-7-4-8-12-18)20(30)28(21(31)25-23)26-19(29)16-32-22-24-13-14-27(22)15-17-9-5-3-6-10-17/h3-14H,2,15-16H2,1H3,(H,25,31)(H,26,29). The number of carbonyl (C=O) groups excluding carboxylic acids is 3. The molecule has 2 N–H and O–H groups in total. The number of urea groups is 1. The zero-order chi connectivity index (χ0) is 22.6. The summed E-state index contributed by atoms with van der Waals surface area (Å²) in [7, 11) is 0. The second-order valence-electron chi connectivity index (χ2n) is 7.34. The predicted octanol–water partition coefficient (Wildman–Crippen LogP) is 2.91. The minimum Gasteiger partial charge on any atom is -0.322 e. The van der Waals surface area contributed by atoms with Crippen molar-refractivity contribution in [1.82, 2.24) is 25.3 Å². The molecule has 1 saturated heterocycles. The lowest BCUT2D eigenvalue weighted by Gasteiger charge is -2.25. The summed E-state index contributed by atoms with van der Waals surface area (Å²) in [6, 6.07) is 18.3. The van der Waals surface area contributed by atoms with E-state index in [9.17, 15) is 14.4 Å². The quantitative estimate of drug-likeness (QED) is 0.407. The molecule has 1 aromatic heterocycles. The minimum atomic E-state index is -1.19. The molecule has 4 rings (SSSR count). The summed E-state index contributed by atoms with van der Waals surface area (Å²) in [5.41, 5.74) is 3.05. The molecule has 9 heteroatoms. The molecule has 0 bridgehead atoms. The number of amides is 4. The average Bonchev–Trinajstić information content (AvgIpc) is 3.36. The van der Waals surface area contributed by atoms with Gasteiger partial charge in [-0.2, -0.15) is 5.01 Å². The number of nitrogens with zero attached hydrogens (tertiary/aromatic N) is 3. The number of rotatable bonds is 8. The van der Waals surface area contributed by atoms with Crippen molar-refractivity contribution >= 4 is 29.6 Å². The van der Waals surface area contributed by atoms with Crippen molar-refractivity contribution in [3.63, 3.8) is 0 Å². The molecule has 1 unspecified atom stereocenters. The number of nitrogens with one attached hydrogen (secondary N) is 2. The molecule has 0 aliphatic carbocycles. The van der Waals surface area contributed by atoms with E-state index in [4.69, 9.17) is 0 Å². The third-order valence-electron chi connectivity index (χ3n) is 5.33. The van der Waals surface area contributed by atoms with Crippen LogP contribution in [0.25, 0.3) is 0 Å². The first-order chi connectivity index (χ1) is 15.5. The SMILES string of the molecule is CCC1(c2ccccc2)NC(=O)N(NC(=O)CSc2nccn2Cc2ccccc2)C1=O. The van der Waals surface area contributed by atoms with Gasteiger partial charge in [0.1, 0.15) is 5.54 Å². The molecule has 0 saturated carbocycles. The Balaban J connectivity index is 1.39. The molecular weight excluding hydrogens is 426 g/mol. The smallest absolute Gasteiger partial charge is 0.322 e. The van der Waals surface area contributed by atoms with Crippen molar-refractivity contribution in [2.75, 3.05) is 5.75 Å². The summed E-state index contributed by atoms with van der Waals surface area (Å²) in [5.74, 6) is -0.958. The van der Waals surface area contributed by atoms with Gasteiger partial charge in [0.25, 0.3) is 5.91 Å². The van der Waals surface area contributed by atoms with Crippen molar-refractivity contribution in [3.8, 4) is 0 Å². The summed E-state index contributed by atoms with van der Waals surface area (Å²) >= 11 is 1.24. The van der Waals surface area contributed by atoms with Crippen LogP contribution in [0.3, 0.4) is 0 Å². The van der Waals surface area contributed by atoms with Crippen molar-refractivity contribution in [2.24, 2.45) is 0 Å². The van der Waals surface area contributed by atoms with Gasteiger partial charge in [0.2, 0.25) is 5.91 Å². The molecule has 32 heavy (non-hydrogen) atoms. The number of aromatic nitrogens is 2. The van der Waals surface area contributed by atoms with Crippen molar-refractivity contribution in [2.45, 2.75) is 30.6 Å². The Hall–Kier alpha value is -3.59. The number of hydrazine groups is 1. The number of carbonyl (C=O) groups is 3. The number of imidazole rings is 1. The predicted molar refractivity (Wildman–Crippen MR) is 120 cm³/mol. The van der Waals surface area contributed by atoms with Crippen molar-refractivity contribution in [1.29, 1.82) is 0 Å². The fourth-order valence-corrected chi connectivity index (χ4v) is 4.41. The highest BCUT2D eigenvalue weighted by Gasteiger charge is 2.52. The van der Waals surface area contributed by atoms with E-state index >= 15 is 0 Å². The normalized spacial score (nSPS) is 18.0. The van der Waals surface area contributed by atoms with Crippen molar-refractivity contribution in [3.05, 3.63) is 84.2 Å². The van der Waals surface area contributed by atoms with Crippen LogP contribution in [0.4, 0.5) is 4.79 Å². The van der Waals surface area contributed by atoms with E-state index in [-0.39, 0.29) is 5.75 Å². The molecule has 1 fully saturated rings. The molecule has 1 atom stereocenters. The van der Waals surface area contributed by atoms with Gasteiger partial charge in [0.05, 0.1) is 5.75 Å². The van der Waals surface area contributed by atoms with Crippen LogP contribution in [0.2, 0.25) is 0 Å². The van der Waals surface area contributed by atoms with E-state index in [1.54, 1.807) is 18.3 Å². The summed E-state index contributed by atoms with van der Waals surface area (Å²) in [5, 5.41) is 4.19. The zero-order valence-electron chi connectivity index (χ0n) is 17.5. The molecule has 0 spiro atoms. The molecule has 1 aliphatic rings. The maximum absolute atomic E-state index is 13.1. The van der Waals surface area contributed by atoms with Gasteiger partial charge in [-0.05, 0) is 17.5 Å². The molecule has 2 heterocycles. The summed E-state index contributed by atoms with van der Waals surface area (Å²) in [4.78, 5) is 42.5. The number of thioether (sulfide) groups is 1. The van der Waals surface area contributed by atoms with Crippen LogP contribution < -0.4 is 10.7 Å². The molecule has 4 amide bonds. The van der Waals surface area contributed by atoms with Crippen LogP contribution in [0.1, 0.15) is 24.5 Å². The van der Waals surface area contributed by atoms with Crippen LogP contribution in [0.5, 0.6) is 0 Å². The van der Waals surface area contributed by atoms with E-state index in [1.165, 1.54) is 11.8 Å². The lowest BCUT2D eigenvalue weighted by atomic mass is 9.87. The molecular formula is C23H23N5O3S. The Morgan fingerprint density at radius 3 is 2.47 bits per heavy atom. The first-order valence-corrected chi connectivity index (χ1v) is 11.2. The van der Waals surface area contributed by atoms with E-state index < -0.39 is 23.4 Å². The molecule has 0 radical (unpaired) electrons. The van der Waals surface area contributed by atoms with Crippen molar-refractivity contribution < 1.29 is 14.4 Å². The van der Waals surface area contributed by atoms with E-state index in [2.05, 4.69) is 15.7 Å². The van der Waals surface area contributed by atoms with E-state index in [0.29, 0.717) is 23.7 Å². The number of hydrogen-bond acceptors (Lipinski definition) is 5. The van der Waals surface area contributed by atoms with Gasteiger partial charge in [-0.15, -0.1) is 0 Å². The molecule has 3 aromatic rings. The van der Waals surface area contributed by atoms with Gasteiger partial charge >= 0.3 is 6.03 Å². The first kappa shape index (κ1) is 21.6. The summed E-state index contributed by atoms with van der Waals surface area (Å²) in [6.45, 7) is 2.45. The van der Waals surface area contributed by atoms with Crippen LogP contribution in [-0.4, -0.2) is 38.2 Å². The highest BCUT2D eigenvalue weighted by atomic mass is 32.2. The van der Waals surface area contributed by atoms with Crippen LogP contribution >= 0.6 is 11.8 Å². The van der Waals surface area contributed by atoms with Crippen LogP contribution in [-0.2, 0) is 21.7 Å². The Labute approximate surface area is 190 Å². The first-order valence-electron chi connectivity index (χ1n) is 10.2. The number of hydrogen-bond donors (Lipinski definition) is 2. The highest BCUT2D eigenvalue weighted by Crippen LogP contribution is 2.31. The van der Waals surface area contributed by atoms with Gasteiger partial charge < -0.3 is 9.88 Å². The Kier molecular flexibility index (Phi) is 6.27. The van der Waals surface area contributed by atoms with Gasteiger partial charge in [-0.25, -0.2) is 9.78 Å². The largest absolute Gasteiger partial charge is 0.344 e. The second-order valence-corrected chi connectivity index (χ2v) is 8.29. The van der Waals surface area contributed by atoms with E-state index in [1.807, 2.05) is 66.2 Å². The van der Waals surface area contributed by atoms with Gasteiger partial charge in [-0.1, -0.05) is 79.3 Å². The maximum Gasteiger partial charge on any atom is 0.344 e. The zero-order valence-corrected chi connectivity index (χ0v) is 18.3. The molecule has 1 aliphatic heterocycles. The minimum absolute atomic E-state index is 0.00727. The fourth-order valence-electron chi connectivity index (χ4n) is 3.66. The monoisotopic (exact) mass is 449 g/mol. The maximum atomic E-state index is 13.1. The fraction of sp³-hybridized carbons (Fsp3) is 0.217. The van der Waals surface area contributed by atoms with Gasteiger partial charge in [0, 0.05) is 18.9 Å². The van der Waals surface area contributed by atoms with E-state index in [0.717, 1.165) is 10.6 Å². The summed E-state index contributed by atoms with van der Waals surface area (Å²) in [6.07, 6.45) is 3.88. The molecule has 8 nitrogen and oxygen atoms in total. The highest BCUT2D eigenvalue weighted by molar-refractivity contribution is 7.99. The van der Waals surface area contributed by atoms with Crippen LogP contribution in [0.15, 0.2) is 78.2 Å². The molecule has 2 aromatic carbocycles. The number of imide groups is 1. The summed E-state index contributed by atoms with van der Waals surface area (Å²) < 4.78 is 1.94. The Bertz CT molecular complexity index is 1120. The third-order valence-corrected chi connectivity index (χ3v) is 6.34. The average molecular weight is 450 g/mol. The lowest BCUT2D eigenvalue weighted by molar-refractivity contribution is -0.138. The van der Waals surface area contributed by atoms with Crippen LogP contribution in [0, 0.1) is 0 Å². The Morgan fingerprint density at radius 1 is 1.09 bits per heavy atom. The number of benzene rings is 2.